The number of rotatable bonds is 6. The molecule has 82 valence electrons. The molecule has 1 aromatic heterocycles. The SMILES string of the molecule is C=C(C)CCOCC(=O)c1ccc(Br)s1. The van der Waals surface area contributed by atoms with Gasteiger partial charge in [0.2, 0.25) is 0 Å². The molecule has 0 bridgehead atoms. The standard InChI is InChI=1S/C11H13BrO2S/c1-8(2)5-6-14-7-9(13)10-3-4-11(12)15-10/h3-4H,1,5-7H2,2H3. The highest BCUT2D eigenvalue weighted by molar-refractivity contribution is 9.11. The van der Waals surface area contributed by atoms with Crippen LogP contribution in [0.15, 0.2) is 28.1 Å². The number of halogens is 1. The van der Waals surface area contributed by atoms with E-state index in [0.29, 0.717) is 6.61 Å². The summed E-state index contributed by atoms with van der Waals surface area (Å²) in [6, 6.07) is 3.67. The van der Waals surface area contributed by atoms with Crippen LogP contribution in [0.2, 0.25) is 0 Å². The Bertz CT molecular complexity index is 357. The third kappa shape index (κ3) is 4.73. The van der Waals surface area contributed by atoms with Crippen LogP contribution in [-0.2, 0) is 4.74 Å². The van der Waals surface area contributed by atoms with E-state index in [4.69, 9.17) is 4.74 Å². The summed E-state index contributed by atoms with van der Waals surface area (Å²) in [7, 11) is 0. The molecule has 4 heteroatoms. The van der Waals surface area contributed by atoms with Crippen molar-refractivity contribution < 1.29 is 9.53 Å². The molecule has 0 saturated heterocycles. The van der Waals surface area contributed by atoms with E-state index in [2.05, 4.69) is 22.5 Å². The van der Waals surface area contributed by atoms with Gasteiger partial charge < -0.3 is 4.74 Å². The van der Waals surface area contributed by atoms with Gasteiger partial charge in [0.25, 0.3) is 0 Å². The Hall–Kier alpha value is -0.450. The summed E-state index contributed by atoms with van der Waals surface area (Å²) in [5.74, 6) is 0.0346. The highest BCUT2D eigenvalue weighted by Crippen LogP contribution is 2.22. The normalized spacial score (nSPS) is 10.3. The molecule has 1 rings (SSSR count). The van der Waals surface area contributed by atoms with Gasteiger partial charge in [-0.2, -0.15) is 0 Å². The molecule has 0 aliphatic carbocycles. The lowest BCUT2D eigenvalue weighted by atomic mass is 10.3. The van der Waals surface area contributed by atoms with Crippen LogP contribution >= 0.6 is 27.3 Å². The van der Waals surface area contributed by atoms with Crippen molar-refractivity contribution in [3.05, 3.63) is 32.9 Å². The fourth-order valence-electron chi connectivity index (χ4n) is 0.947. The highest BCUT2D eigenvalue weighted by Gasteiger charge is 2.08. The van der Waals surface area contributed by atoms with Gasteiger partial charge >= 0.3 is 0 Å². The summed E-state index contributed by atoms with van der Waals surface area (Å²) in [6.45, 7) is 6.43. The van der Waals surface area contributed by atoms with Crippen molar-refractivity contribution in [2.75, 3.05) is 13.2 Å². The summed E-state index contributed by atoms with van der Waals surface area (Å²) in [5.41, 5.74) is 1.07. The van der Waals surface area contributed by atoms with Gasteiger partial charge in [-0.25, -0.2) is 0 Å². The second kappa shape index (κ2) is 6.20. The van der Waals surface area contributed by atoms with Crippen LogP contribution in [0.1, 0.15) is 23.0 Å². The average molecular weight is 289 g/mol. The first-order valence-electron chi connectivity index (χ1n) is 4.60. The second-order valence-corrected chi connectivity index (χ2v) is 5.75. The Kier molecular flexibility index (Phi) is 5.22. The molecule has 2 nitrogen and oxygen atoms in total. The van der Waals surface area contributed by atoms with Crippen molar-refractivity contribution in [3.8, 4) is 0 Å². The van der Waals surface area contributed by atoms with E-state index in [9.17, 15) is 4.79 Å². The lowest BCUT2D eigenvalue weighted by Crippen LogP contribution is -2.08. The van der Waals surface area contributed by atoms with Crippen LogP contribution in [0.5, 0.6) is 0 Å². The largest absolute Gasteiger partial charge is 0.373 e. The maximum absolute atomic E-state index is 11.5. The van der Waals surface area contributed by atoms with Gasteiger partial charge in [0, 0.05) is 0 Å². The van der Waals surface area contributed by atoms with Crippen molar-refractivity contribution in [3.63, 3.8) is 0 Å². The molecule has 0 aliphatic heterocycles. The zero-order valence-corrected chi connectivity index (χ0v) is 11.0. The van der Waals surface area contributed by atoms with Crippen LogP contribution in [0.3, 0.4) is 0 Å². The smallest absolute Gasteiger partial charge is 0.198 e. The zero-order valence-electron chi connectivity index (χ0n) is 8.59. The number of ketones is 1. The van der Waals surface area contributed by atoms with Crippen LogP contribution in [-0.4, -0.2) is 19.0 Å². The van der Waals surface area contributed by atoms with Crippen molar-refractivity contribution >= 4 is 33.0 Å². The third-order valence-corrected chi connectivity index (χ3v) is 3.42. The number of carbonyl (C=O) groups excluding carboxylic acids is 1. The van der Waals surface area contributed by atoms with Gasteiger partial charge in [-0.3, -0.25) is 4.79 Å². The van der Waals surface area contributed by atoms with Gasteiger partial charge in [0.1, 0.15) is 6.61 Å². The molecule has 0 aromatic carbocycles. The quantitative estimate of drug-likeness (QED) is 0.453. The molecular weight excluding hydrogens is 276 g/mol. The van der Waals surface area contributed by atoms with E-state index in [1.54, 1.807) is 6.07 Å². The van der Waals surface area contributed by atoms with E-state index >= 15 is 0 Å². The lowest BCUT2D eigenvalue weighted by Gasteiger charge is -2.01. The molecule has 0 atom stereocenters. The van der Waals surface area contributed by atoms with E-state index in [1.807, 2.05) is 13.0 Å². The molecule has 1 aromatic rings. The lowest BCUT2D eigenvalue weighted by molar-refractivity contribution is 0.0769. The first-order chi connectivity index (χ1) is 7.09. The Labute approximate surface area is 102 Å². The molecular formula is C11H13BrO2S. The van der Waals surface area contributed by atoms with Gasteiger partial charge in [0.15, 0.2) is 5.78 Å². The van der Waals surface area contributed by atoms with Crippen molar-refractivity contribution in [2.45, 2.75) is 13.3 Å². The first-order valence-corrected chi connectivity index (χ1v) is 6.21. The average Bonchev–Trinajstić information content (AvgIpc) is 2.59. The van der Waals surface area contributed by atoms with Crippen molar-refractivity contribution in [1.82, 2.24) is 0 Å². The fourth-order valence-corrected chi connectivity index (χ4v) is 2.26. The summed E-state index contributed by atoms with van der Waals surface area (Å²) in [5, 5.41) is 0. The summed E-state index contributed by atoms with van der Waals surface area (Å²) in [4.78, 5) is 12.3. The molecule has 0 fully saturated rings. The number of thiophene rings is 1. The minimum Gasteiger partial charge on any atom is -0.373 e. The molecule has 0 spiro atoms. The molecule has 0 amide bonds. The first kappa shape index (κ1) is 12.6. The third-order valence-electron chi connectivity index (χ3n) is 1.75. The number of ether oxygens (including phenoxy) is 1. The minimum absolute atomic E-state index is 0.0346. The number of hydrogen-bond acceptors (Lipinski definition) is 3. The highest BCUT2D eigenvalue weighted by atomic mass is 79.9. The zero-order chi connectivity index (χ0) is 11.3. The van der Waals surface area contributed by atoms with E-state index in [-0.39, 0.29) is 12.4 Å². The van der Waals surface area contributed by atoms with Gasteiger partial charge in [0.05, 0.1) is 15.3 Å². The summed E-state index contributed by atoms with van der Waals surface area (Å²) >= 11 is 4.74. The van der Waals surface area contributed by atoms with Crippen LogP contribution < -0.4 is 0 Å². The Morgan fingerprint density at radius 2 is 2.33 bits per heavy atom. The number of hydrogen-bond donors (Lipinski definition) is 0. The monoisotopic (exact) mass is 288 g/mol. The van der Waals surface area contributed by atoms with Crippen molar-refractivity contribution in [1.29, 1.82) is 0 Å². The van der Waals surface area contributed by atoms with Crippen LogP contribution in [0, 0.1) is 0 Å². The minimum atomic E-state index is 0.0346. The maximum atomic E-state index is 11.5. The van der Waals surface area contributed by atoms with Crippen LogP contribution in [0.25, 0.3) is 0 Å². The summed E-state index contributed by atoms with van der Waals surface area (Å²) < 4.78 is 6.22. The summed E-state index contributed by atoms with van der Waals surface area (Å²) in [6.07, 6.45) is 0.807. The van der Waals surface area contributed by atoms with Crippen LogP contribution in [0.4, 0.5) is 0 Å². The Morgan fingerprint density at radius 3 is 2.87 bits per heavy atom. The Balaban J connectivity index is 2.28. The predicted molar refractivity (Wildman–Crippen MR) is 66.6 cm³/mol. The number of Topliss-reactive ketones (excluding diaryl/α,β-unsaturated/α-hetero) is 1. The second-order valence-electron chi connectivity index (χ2n) is 3.29. The fraction of sp³-hybridized carbons (Fsp3) is 0.364. The number of carbonyl (C=O) groups is 1. The maximum Gasteiger partial charge on any atom is 0.198 e. The van der Waals surface area contributed by atoms with Gasteiger partial charge in [-0.15, -0.1) is 17.9 Å². The van der Waals surface area contributed by atoms with Gasteiger partial charge in [-0.05, 0) is 41.4 Å². The van der Waals surface area contributed by atoms with E-state index in [1.165, 1.54) is 11.3 Å². The molecule has 1 heterocycles. The van der Waals surface area contributed by atoms with E-state index in [0.717, 1.165) is 20.7 Å². The molecule has 0 aliphatic rings. The van der Waals surface area contributed by atoms with Crippen molar-refractivity contribution in [2.24, 2.45) is 0 Å². The molecule has 0 radical (unpaired) electrons. The van der Waals surface area contributed by atoms with Gasteiger partial charge in [-0.1, -0.05) is 5.57 Å². The molecule has 0 unspecified atom stereocenters. The molecule has 15 heavy (non-hydrogen) atoms. The molecule has 0 N–H and O–H groups in total. The van der Waals surface area contributed by atoms with E-state index < -0.39 is 0 Å². The predicted octanol–water partition coefficient (Wildman–Crippen LogP) is 3.68. The Morgan fingerprint density at radius 1 is 1.60 bits per heavy atom. The molecule has 0 saturated carbocycles. The topological polar surface area (TPSA) is 26.3 Å².